The second-order valence-electron chi connectivity index (χ2n) is 0. The van der Waals surface area contributed by atoms with Crippen molar-refractivity contribution in [3.05, 3.63) is 13.1 Å². The molecule has 0 radical (unpaired) electrons. The summed E-state index contributed by atoms with van der Waals surface area (Å²) >= 11 is 0. The number of hydrogen-bond donors (Lipinski definition) is 0. The van der Waals surface area contributed by atoms with Gasteiger partial charge in [-0.15, -0.1) is 0 Å². The van der Waals surface area contributed by atoms with E-state index in [4.69, 9.17) is 23.7 Å². The highest BCUT2D eigenvalue weighted by Gasteiger charge is 0.0795. The van der Waals surface area contributed by atoms with Crippen LogP contribution in [0.1, 0.15) is 2.85 Å². The van der Waals surface area contributed by atoms with Gasteiger partial charge in [0.25, 0.3) is 0 Å². The molecular formula is C2H2N2. The van der Waals surface area contributed by atoms with Gasteiger partial charge in [0.15, 0.2) is 0 Å². The van der Waals surface area contributed by atoms with E-state index in [0.29, 0.717) is 0 Å². The lowest BCUT2D eigenvalue weighted by Gasteiger charge is -1.08. The molecule has 0 N–H and O–H groups in total. The first-order valence-corrected chi connectivity index (χ1v) is 0.447. The summed E-state index contributed by atoms with van der Waals surface area (Å²) < 4.78 is 0. The van der Waals surface area contributed by atoms with E-state index >= 15 is 0 Å². The summed E-state index contributed by atoms with van der Waals surface area (Å²) in [6.07, 6.45) is 0. The summed E-state index contributed by atoms with van der Waals surface area (Å²) in [5.41, 5.74) is 0. The van der Waals surface area contributed by atoms with Gasteiger partial charge in [-0.2, -0.15) is 0 Å². The molecule has 0 amide bonds. The maximum atomic E-state index is 6.25. The van der Waals surface area contributed by atoms with Crippen molar-refractivity contribution in [1.82, 2.24) is 0 Å². The van der Waals surface area contributed by atoms with Crippen LogP contribution in [-0.2, 0) is 0 Å². The van der Waals surface area contributed by atoms with Crippen LogP contribution >= 0.6 is 0 Å². The molecule has 0 aliphatic rings. The van der Waals surface area contributed by atoms with Crippen molar-refractivity contribution in [3.8, 4) is 0 Å². The minimum atomic E-state index is 0. The first kappa shape index (κ1) is 12.2. The molecule has 0 aliphatic carbocycles. The molecule has 0 fully saturated rings. The molecule has 0 aliphatic heterocycles. The fourth-order valence-corrected chi connectivity index (χ4v) is 0. The SMILES string of the molecule is [C-]#N.[C-]#N.[H+].[H+]. The average Bonchev–Trinajstić information content (AvgIpc) is 1.50. The van der Waals surface area contributed by atoms with Crippen molar-refractivity contribution in [1.29, 1.82) is 10.5 Å². The normalized spacial score (nSPS) is 1.00. The molecule has 0 saturated heterocycles. The molecular weight excluding hydrogens is 52.0 g/mol. The quantitative estimate of drug-likeness (QED) is 0.376. The van der Waals surface area contributed by atoms with Gasteiger partial charge in [-0.05, 0) is 0 Å². The summed E-state index contributed by atoms with van der Waals surface area (Å²) in [5, 5.41) is 12.5. The lowest BCUT2D eigenvalue weighted by Crippen LogP contribution is -0.530. The molecule has 0 aromatic carbocycles. The fraction of sp³-hybridized carbons (Fsp3) is 0. The zero-order chi connectivity index (χ0) is 4.00. The Morgan fingerprint density at radius 3 is 1.00 bits per heavy atom. The molecule has 0 bridgehead atoms. The molecule has 0 rings (SSSR count). The van der Waals surface area contributed by atoms with Crippen LogP contribution in [0.4, 0.5) is 0 Å². The average molecular weight is 54.1 g/mol. The van der Waals surface area contributed by atoms with E-state index in [1.54, 1.807) is 0 Å². The minimum Gasteiger partial charge on any atom is -0.512 e. The van der Waals surface area contributed by atoms with Gasteiger partial charge >= 0.3 is 2.85 Å². The van der Waals surface area contributed by atoms with Crippen LogP contribution in [0.15, 0.2) is 0 Å². The lowest BCUT2D eigenvalue weighted by molar-refractivity contribution is 1.53. The standard InChI is InChI=1S/2CN/c2*1-2/q2*-1/p+2. The molecule has 0 heterocycles. The first-order chi connectivity index (χ1) is 2.00. The molecule has 0 saturated carbocycles. The molecule has 0 aromatic rings. The number of rotatable bonds is 0. The molecule has 0 atom stereocenters. The summed E-state index contributed by atoms with van der Waals surface area (Å²) in [6, 6.07) is 0. The van der Waals surface area contributed by atoms with Crippen LogP contribution in [0.5, 0.6) is 0 Å². The second kappa shape index (κ2) is 1.83. The predicted molar refractivity (Wildman–Crippen MR) is 12.2 cm³/mol. The lowest BCUT2D eigenvalue weighted by atomic mass is 11.9. The predicted octanol–water partition coefficient (Wildman–Crippen LogP) is 0.418. The Hall–Kier alpha value is -1.02. The van der Waals surface area contributed by atoms with Crippen molar-refractivity contribution in [2.75, 3.05) is 0 Å². The summed E-state index contributed by atoms with van der Waals surface area (Å²) in [4.78, 5) is 0. The molecule has 2 nitrogen and oxygen atoms in total. The Bertz CT molecular complexity index is 25.0. The van der Waals surface area contributed by atoms with Crippen LogP contribution in [0.3, 0.4) is 0 Å². The van der Waals surface area contributed by atoms with Crippen molar-refractivity contribution in [3.63, 3.8) is 0 Å². The third kappa shape index (κ3) is 0.000377. The molecule has 0 unspecified atom stereocenters. The Balaban J connectivity index is -0.00000000500. The Morgan fingerprint density at radius 2 is 1.00 bits per heavy atom. The zero-order valence-electron chi connectivity index (χ0n) is 3.89. The van der Waals surface area contributed by atoms with E-state index in [0.717, 1.165) is 0 Å². The molecule has 0 aromatic heterocycles. The van der Waals surface area contributed by atoms with Crippen molar-refractivity contribution in [2.45, 2.75) is 0 Å². The largest absolute Gasteiger partial charge is 1.00 e. The van der Waals surface area contributed by atoms with E-state index in [1.807, 2.05) is 0 Å². The second-order valence-corrected chi connectivity index (χ2v) is 0. The van der Waals surface area contributed by atoms with Crippen LogP contribution in [-0.4, -0.2) is 0 Å². The van der Waals surface area contributed by atoms with Gasteiger partial charge in [0, 0.05) is 0 Å². The topological polar surface area (TPSA) is 47.6 Å². The van der Waals surface area contributed by atoms with Gasteiger partial charge in [0.2, 0.25) is 0 Å². The summed E-state index contributed by atoms with van der Waals surface area (Å²) in [5.74, 6) is 0. The fourth-order valence-electron chi connectivity index (χ4n) is 0. The van der Waals surface area contributed by atoms with E-state index in [1.165, 1.54) is 0 Å². The zero-order valence-corrected chi connectivity index (χ0v) is 1.89. The van der Waals surface area contributed by atoms with Gasteiger partial charge in [-0.1, -0.05) is 0 Å². The number of hydrogen-bond acceptors (Lipinski definition) is 2. The summed E-state index contributed by atoms with van der Waals surface area (Å²) in [6.45, 7) is 9.50. The monoisotopic (exact) mass is 54.0 g/mol. The first-order valence-electron chi connectivity index (χ1n) is 0.447. The maximum Gasteiger partial charge on any atom is 1.00 e. The molecule has 0 spiro atoms. The van der Waals surface area contributed by atoms with E-state index in [9.17, 15) is 0 Å². The van der Waals surface area contributed by atoms with E-state index in [2.05, 4.69) is 0 Å². The van der Waals surface area contributed by atoms with Gasteiger partial charge in [0.1, 0.15) is 0 Å². The van der Waals surface area contributed by atoms with Gasteiger partial charge in [0.05, 0.1) is 0 Å². The van der Waals surface area contributed by atoms with E-state index in [-0.39, 0.29) is 2.85 Å². The Morgan fingerprint density at radius 1 is 1.00 bits per heavy atom. The highest BCUT2D eigenvalue weighted by Crippen LogP contribution is 0.628. The number of nitrogens with zero attached hydrogens (tertiary/aromatic N) is 2. The summed E-state index contributed by atoms with van der Waals surface area (Å²) in [7, 11) is 0. The van der Waals surface area contributed by atoms with Crippen LogP contribution < -0.4 is 0 Å². The molecule has 4 heavy (non-hydrogen) atoms. The third-order valence-corrected chi connectivity index (χ3v) is 0. The van der Waals surface area contributed by atoms with Gasteiger partial charge in [-0.25, -0.2) is 0 Å². The highest BCUT2D eigenvalue weighted by molar-refractivity contribution is 3.44. The van der Waals surface area contributed by atoms with Gasteiger partial charge in [-0.3, -0.25) is 0 Å². The van der Waals surface area contributed by atoms with Crippen molar-refractivity contribution in [2.24, 2.45) is 0 Å². The van der Waals surface area contributed by atoms with Crippen LogP contribution in [0, 0.1) is 23.7 Å². The minimum absolute atomic E-state index is 0. The van der Waals surface area contributed by atoms with Crippen LogP contribution in [0.2, 0.25) is 0 Å². The van der Waals surface area contributed by atoms with Crippen LogP contribution in [0.25, 0.3) is 0 Å². The van der Waals surface area contributed by atoms with Gasteiger partial charge < -0.3 is 23.7 Å². The molecule has 2 heteroatoms. The smallest absolute Gasteiger partial charge is 0.512 e. The Kier molecular flexibility index (Phi) is 5.56. The maximum absolute atomic E-state index is 6.25. The van der Waals surface area contributed by atoms with Crippen molar-refractivity contribution >= 4 is 0 Å². The Labute approximate surface area is 27.9 Å². The van der Waals surface area contributed by atoms with Crippen molar-refractivity contribution < 1.29 is 2.85 Å². The van der Waals surface area contributed by atoms with E-state index < -0.39 is 0 Å². The molecule has 20 valence electrons. The third-order valence-electron chi connectivity index (χ3n) is 0. The highest BCUT2D eigenvalue weighted by atomic mass is 14.2.